The van der Waals surface area contributed by atoms with Gasteiger partial charge in [-0.3, -0.25) is 4.31 Å². The highest BCUT2D eigenvalue weighted by atomic mass is 32.2. The van der Waals surface area contributed by atoms with E-state index in [9.17, 15) is 13.2 Å². The molecule has 1 rings (SSSR count). The summed E-state index contributed by atoms with van der Waals surface area (Å²) in [5.74, 6) is -1.31. The van der Waals surface area contributed by atoms with Crippen LogP contribution >= 0.6 is 0 Å². The normalized spacial score (nSPS) is 13.1. The van der Waals surface area contributed by atoms with E-state index in [0.29, 0.717) is 5.69 Å². The number of nitrogens with zero attached hydrogens (tertiary/aromatic N) is 1. The summed E-state index contributed by atoms with van der Waals surface area (Å²) < 4.78 is 25.4. The Hall–Kier alpha value is -1.56. The van der Waals surface area contributed by atoms with E-state index in [-0.39, 0.29) is 5.75 Å². The van der Waals surface area contributed by atoms with Crippen LogP contribution in [0.2, 0.25) is 0 Å². The van der Waals surface area contributed by atoms with Gasteiger partial charge in [-0.1, -0.05) is 18.2 Å². The van der Waals surface area contributed by atoms with Gasteiger partial charge in [-0.2, -0.15) is 0 Å². The molecule has 1 N–H and O–H groups in total. The van der Waals surface area contributed by atoms with Crippen molar-refractivity contribution in [3.8, 4) is 0 Å². The predicted molar refractivity (Wildman–Crippen MR) is 75.0 cm³/mol. The summed E-state index contributed by atoms with van der Waals surface area (Å²) in [6.45, 7) is 6.43. The third-order valence-corrected chi connectivity index (χ3v) is 4.86. The van der Waals surface area contributed by atoms with Crippen molar-refractivity contribution in [3.05, 3.63) is 29.3 Å². The maximum Gasteiger partial charge on any atom is 0.327 e. The van der Waals surface area contributed by atoms with Crippen molar-refractivity contribution in [3.63, 3.8) is 0 Å². The quantitative estimate of drug-likeness (QED) is 0.897. The third-order valence-electron chi connectivity index (χ3n) is 3.03. The number of sulfonamides is 1. The van der Waals surface area contributed by atoms with Gasteiger partial charge >= 0.3 is 5.97 Å². The first kappa shape index (κ1) is 15.5. The fourth-order valence-electron chi connectivity index (χ4n) is 1.97. The van der Waals surface area contributed by atoms with E-state index < -0.39 is 22.0 Å². The van der Waals surface area contributed by atoms with E-state index in [1.807, 2.05) is 6.07 Å². The number of hydrogen-bond acceptors (Lipinski definition) is 3. The summed E-state index contributed by atoms with van der Waals surface area (Å²) in [7, 11) is -3.65. The van der Waals surface area contributed by atoms with Gasteiger partial charge in [-0.25, -0.2) is 13.2 Å². The molecule has 0 aliphatic carbocycles. The molecule has 1 aromatic carbocycles. The molecule has 0 fully saturated rings. The lowest BCUT2D eigenvalue weighted by atomic mass is 10.1. The molecule has 106 valence electrons. The molecule has 0 heterocycles. The molecule has 0 aliphatic heterocycles. The number of hydrogen-bond donors (Lipinski definition) is 1. The molecule has 1 unspecified atom stereocenters. The molecule has 0 aromatic heterocycles. The van der Waals surface area contributed by atoms with Gasteiger partial charge in [-0.05, 0) is 38.8 Å². The molecule has 0 amide bonds. The van der Waals surface area contributed by atoms with Crippen LogP contribution in [0.15, 0.2) is 18.2 Å². The number of rotatable bonds is 5. The Morgan fingerprint density at radius 2 is 1.79 bits per heavy atom. The standard InChI is InChI=1S/C13H19NO4S/c1-5-19(17,18)14(11(4)13(15)16)12-9(2)7-6-8-10(12)3/h6-8,11H,5H2,1-4H3,(H,15,16). The van der Waals surface area contributed by atoms with Crippen molar-refractivity contribution in [1.82, 2.24) is 0 Å². The maximum atomic E-state index is 12.2. The molecule has 1 aromatic rings. The van der Waals surface area contributed by atoms with Crippen molar-refractivity contribution >= 4 is 21.7 Å². The molecule has 0 radical (unpaired) electrons. The van der Waals surface area contributed by atoms with Gasteiger partial charge in [0.15, 0.2) is 0 Å². The number of benzene rings is 1. The summed E-state index contributed by atoms with van der Waals surface area (Å²) in [4.78, 5) is 11.2. The average molecular weight is 285 g/mol. The number of anilines is 1. The SMILES string of the molecule is CCS(=O)(=O)N(c1c(C)cccc1C)C(C)C(=O)O. The van der Waals surface area contributed by atoms with Crippen LogP contribution in [0.5, 0.6) is 0 Å². The lowest BCUT2D eigenvalue weighted by molar-refractivity contribution is -0.137. The molecule has 0 bridgehead atoms. The number of carboxylic acids is 1. The molecule has 0 spiro atoms. The minimum atomic E-state index is -3.65. The molecule has 0 saturated carbocycles. The Morgan fingerprint density at radius 1 is 1.32 bits per heavy atom. The second-order valence-electron chi connectivity index (χ2n) is 4.45. The minimum Gasteiger partial charge on any atom is -0.480 e. The molecule has 0 aliphatic rings. The summed E-state index contributed by atoms with van der Waals surface area (Å²) >= 11 is 0. The van der Waals surface area contributed by atoms with Crippen LogP contribution in [-0.4, -0.2) is 31.3 Å². The first-order chi connectivity index (χ1) is 8.72. The molecular weight excluding hydrogens is 266 g/mol. The average Bonchev–Trinajstić information content (AvgIpc) is 2.32. The van der Waals surface area contributed by atoms with Crippen LogP contribution in [0.3, 0.4) is 0 Å². The van der Waals surface area contributed by atoms with Crippen LogP contribution in [0.4, 0.5) is 5.69 Å². The van der Waals surface area contributed by atoms with Gasteiger partial charge in [0.2, 0.25) is 10.0 Å². The molecule has 6 heteroatoms. The van der Waals surface area contributed by atoms with Crippen molar-refractivity contribution in [2.75, 3.05) is 10.1 Å². The highest BCUT2D eigenvalue weighted by Crippen LogP contribution is 2.29. The number of carboxylic acid groups (broad SMARTS) is 1. The van der Waals surface area contributed by atoms with Crippen LogP contribution in [0, 0.1) is 13.8 Å². The zero-order valence-electron chi connectivity index (χ0n) is 11.5. The van der Waals surface area contributed by atoms with E-state index in [2.05, 4.69) is 0 Å². The number of carbonyl (C=O) groups is 1. The lowest BCUT2D eigenvalue weighted by Gasteiger charge is -2.30. The zero-order chi connectivity index (χ0) is 14.8. The van der Waals surface area contributed by atoms with Gasteiger partial charge in [0.1, 0.15) is 6.04 Å². The molecular formula is C13H19NO4S. The van der Waals surface area contributed by atoms with Crippen LogP contribution in [0.1, 0.15) is 25.0 Å². The third kappa shape index (κ3) is 3.07. The van der Waals surface area contributed by atoms with Gasteiger partial charge in [0.25, 0.3) is 0 Å². The van der Waals surface area contributed by atoms with Crippen LogP contribution in [0.25, 0.3) is 0 Å². The van der Waals surface area contributed by atoms with Gasteiger partial charge in [0, 0.05) is 0 Å². The Labute approximate surface area is 113 Å². The van der Waals surface area contributed by atoms with Gasteiger partial charge in [-0.15, -0.1) is 0 Å². The number of aliphatic carboxylic acids is 1. The fraction of sp³-hybridized carbons (Fsp3) is 0.462. The Morgan fingerprint density at radius 3 is 2.16 bits per heavy atom. The summed E-state index contributed by atoms with van der Waals surface area (Å²) in [5.41, 5.74) is 1.94. The topological polar surface area (TPSA) is 74.7 Å². The van der Waals surface area contributed by atoms with E-state index in [1.165, 1.54) is 13.8 Å². The highest BCUT2D eigenvalue weighted by molar-refractivity contribution is 7.92. The smallest absolute Gasteiger partial charge is 0.327 e. The van der Waals surface area contributed by atoms with Crippen LogP contribution in [-0.2, 0) is 14.8 Å². The van der Waals surface area contributed by atoms with Crippen molar-refractivity contribution in [2.24, 2.45) is 0 Å². The number of para-hydroxylation sites is 1. The first-order valence-electron chi connectivity index (χ1n) is 6.03. The number of aryl methyl sites for hydroxylation is 2. The summed E-state index contributed by atoms with van der Waals surface area (Å²) in [6.07, 6.45) is 0. The molecule has 0 saturated heterocycles. The lowest BCUT2D eigenvalue weighted by Crippen LogP contribution is -2.44. The molecule has 5 nitrogen and oxygen atoms in total. The highest BCUT2D eigenvalue weighted by Gasteiger charge is 2.32. The maximum absolute atomic E-state index is 12.2. The van der Waals surface area contributed by atoms with Crippen molar-refractivity contribution in [2.45, 2.75) is 33.7 Å². The molecule has 19 heavy (non-hydrogen) atoms. The molecule has 1 atom stereocenters. The van der Waals surface area contributed by atoms with E-state index >= 15 is 0 Å². The van der Waals surface area contributed by atoms with Gasteiger partial charge < -0.3 is 5.11 Å². The second kappa shape index (κ2) is 5.61. The summed E-state index contributed by atoms with van der Waals surface area (Å²) in [5, 5.41) is 9.15. The monoisotopic (exact) mass is 285 g/mol. The summed E-state index contributed by atoms with van der Waals surface area (Å²) in [6, 6.07) is 4.23. The first-order valence-corrected chi connectivity index (χ1v) is 7.64. The van der Waals surface area contributed by atoms with Crippen molar-refractivity contribution in [1.29, 1.82) is 0 Å². The van der Waals surface area contributed by atoms with E-state index in [1.54, 1.807) is 26.0 Å². The van der Waals surface area contributed by atoms with Crippen molar-refractivity contribution < 1.29 is 18.3 Å². The minimum absolute atomic E-state index is 0.140. The second-order valence-corrected chi connectivity index (χ2v) is 6.59. The van der Waals surface area contributed by atoms with E-state index in [0.717, 1.165) is 15.4 Å². The van der Waals surface area contributed by atoms with E-state index in [4.69, 9.17) is 5.11 Å². The predicted octanol–water partition coefficient (Wildman–Crippen LogP) is 1.93. The fourth-order valence-corrected chi connectivity index (χ4v) is 3.38. The Bertz CT molecular complexity index is 560. The Kier molecular flexibility index (Phi) is 4.57. The van der Waals surface area contributed by atoms with Crippen LogP contribution < -0.4 is 4.31 Å². The Balaban J connectivity index is 3.54. The zero-order valence-corrected chi connectivity index (χ0v) is 12.4. The largest absolute Gasteiger partial charge is 0.480 e. The van der Waals surface area contributed by atoms with Gasteiger partial charge in [0.05, 0.1) is 11.4 Å².